The second-order valence-corrected chi connectivity index (χ2v) is 3.21. The molecule has 1 heterocycles. The number of alkyl halides is 4. The number of hydrogen-bond acceptors (Lipinski definition) is 4. The Hall–Kier alpha value is -2.06. The van der Waals surface area contributed by atoms with Crippen molar-refractivity contribution in [3.05, 3.63) is 24.0 Å². The topological polar surface area (TPSA) is 80.7 Å². The van der Waals surface area contributed by atoms with Crippen molar-refractivity contribution < 1.29 is 27.5 Å². The molecule has 1 aromatic heterocycles. The fourth-order valence-electron chi connectivity index (χ4n) is 0.997. The van der Waals surface area contributed by atoms with E-state index in [4.69, 9.17) is 10.9 Å². The van der Waals surface area contributed by atoms with Crippen LogP contribution in [0.5, 0.6) is 5.75 Å². The van der Waals surface area contributed by atoms with Crippen LogP contribution in [0.2, 0.25) is 0 Å². The quantitative estimate of drug-likeness (QED) is 0.278. The zero-order chi connectivity index (χ0) is 13.8. The molecule has 0 fully saturated rings. The second-order valence-electron chi connectivity index (χ2n) is 3.21. The number of pyridine rings is 1. The Morgan fingerprint density at radius 3 is 2.78 bits per heavy atom. The lowest BCUT2D eigenvalue weighted by Crippen LogP contribution is -2.34. The monoisotopic (exact) mass is 267 g/mol. The van der Waals surface area contributed by atoms with E-state index >= 15 is 0 Å². The Bertz CT molecular complexity index is 440. The average molecular weight is 267 g/mol. The van der Waals surface area contributed by atoms with Crippen molar-refractivity contribution in [2.75, 3.05) is 6.61 Å². The average Bonchev–Trinajstić information content (AvgIpc) is 2.35. The van der Waals surface area contributed by atoms with Crippen LogP contribution in [-0.2, 0) is 0 Å². The van der Waals surface area contributed by atoms with Gasteiger partial charge in [0.2, 0.25) is 0 Å². The van der Waals surface area contributed by atoms with E-state index in [1.54, 1.807) is 0 Å². The van der Waals surface area contributed by atoms with E-state index in [0.29, 0.717) is 0 Å². The smallest absolute Gasteiger partial charge is 0.340 e. The standard InChI is InChI=1S/C9H9F4N3O2/c10-8(11)9(12,13)4-18-6-3-15-2-1-5(6)7(14)16-17/h1-3,8,17H,4H2,(H2,14,16). The number of hydrogen-bond donors (Lipinski definition) is 2. The molecule has 0 aliphatic carbocycles. The molecule has 0 saturated carbocycles. The molecule has 0 atom stereocenters. The minimum Gasteiger partial charge on any atom is -0.485 e. The first kappa shape index (κ1) is 14.0. The maximum Gasteiger partial charge on any atom is 0.340 e. The van der Waals surface area contributed by atoms with E-state index in [0.717, 1.165) is 6.20 Å². The van der Waals surface area contributed by atoms with Crippen molar-refractivity contribution in [2.24, 2.45) is 10.9 Å². The number of oxime groups is 1. The third-order valence-corrected chi connectivity index (χ3v) is 1.91. The summed E-state index contributed by atoms with van der Waals surface area (Å²) in [6.45, 7) is -1.54. The lowest BCUT2D eigenvalue weighted by Gasteiger charge is -2.17. The SMILES string of the molecule is N/C(=N/O)c1ccncc1OCC(F)(F)C(F)F. The first-order valence-corrected chi connectivity index (χ1v) is 4.59. The van der Waals surface area contributed by atoms with Gasteiger partial charge in [-0.05, 0) is 6.07 Å². The molecule has 3 N–H and O–H groups in total. The van der Waals surface area contributed by atoms with Crippen molar-refractivity contribution in [2.45, 2.75) is 12.3 Å². The van der Waals surface area contributed by atoms with Gasteiger partial charge in [0, 0.05) is 6.20 Å². The fourth-order valence-corrected chi connectivity index (χ4v) is 0.997. The van der Waals surface area contributed by atoms with Gasteiger partial charge < -0.3 is 15.7 Å². The minimum absolute atomic E-state index is 0.0300. The minimum atomic E-state index is -4.29. The number of rotatable bonds is 5. The van der Waals surface area contributed by atoms with Crippen LogP contribution in [0.15, 0.2) is 23.6 Å². The molecule has 0 radical (unpaired) electrons. The Balaban J connectivity index is 2.86. The molecule has 0 aromatic carbocycles. The van der Waals surface area contributed by atoms with E-state index in [-0.39, 0.29) is 11.3 Å². The lowest BCUT2D eigenvalue weighted by molar-refractivity contribution is -0.148. The van der Waals surface area contributed by atoms with Crippen LogP contribution in [0.1, 0.15) is 5.56 Å². The molecular formula is C9H9F4N3O2. The van der Waals surface area contributed by atoms with E-state index < -0.39 is 24.8 Å². The first-order valence-electron chi connectivity index (χ1n) is 4.59. The zero-order valence-corrected chi connectivity index (χ0v) is 8.86. The molecule has 0 spiro atoms. The Morgan fingerprint density at radius 2 is 2.22 bits per heavy atom. The van der Waals surface area contributed by atoms with Crippen molar-refractivity contribution in [1.29, 1.82) is 0 Å². The maximum absolute atomic E-state index is 12.6. The molecular weight excluding hydrogens is 258 g/mol. The van der Waals surface area contributed by atoms with Gasteiger partial charge in [-0.25, -0.2) is 8.78 Å². The Kier molecular flexibility index (Phi) is 4.29. The molecule has 0 aliphatic heterocycles. The molecule has 0 unspecified atom stereocenters. The van der Waals surface area contributed by atoms with Crippen LogP contribution in [0.25, 0.3) is 0 Å². The third-order valence-electron chi connectivity index (χ3n) is 1.91. The van der Waals surface area contributed by atoms with E-state index in [1.807, 2.05) is 0 Å². The summed E-state index contributed by atoms with van der Waals surface area (Å²) in [5.74, 6) is -4.99. The number of halogens is 4. The van der Waals surface area contributed by atoms with Gasteiger partial charge in [0.15, 0.2) is 12.4 Å². The van der Waals surface area contributed by atoms with Gasteiger partial charge in [-0.15, -0.1) is 0 Å². The van der Waals surface area contributed by atoms with Gasteiger partial charge in [0.1, 0.15) is 5.75 Å². The van der Waals surface area contributed by atoms with E-state index in [1.165, 1.54) is 12.3 Å². The van der Waals surface area contributed by atoms with Gasteiger partial charge in [-0.3, -0.25) is 4.98 Å². The largest absolute Gasteiger partial charge is 0.485 e. The molecule has 0 bridgehead atoms. The Morgan fingerprint density at radius 1 is 1.56 bits per heavy atom. The third kappa shape index (κ3) is 3.22. The Labute approximate surface area is 98.9 Å². The van der Waals surface area contributed by atoms with Crippen molar-refractivity contribution in [1.82, 2.24) is 4.98 Å². The highest BCUT2D eigenvalue weighted by atomic mass is 19.3. The van der Waals surface area contributed by atoms with Crippen LogP contribution in [0.3, 0.4) is 0 Å². The molecule has 5 nitrogen and oxygen atoms in total. The van der Waals surface area contributed by atoms with Crippen LogP contribution in [0, 0.1) is 0 Å². The molecule has 100 valence electrons. The summed E-state index contributed by atoms with van der Waals surface area (Å²) in [5.41, 5.74) is 5.22. The van der Waals surface area contributed by atoms with E-state index in [9.17, 15) is 17.6 Å². The molecule has 9 heteroatoms. The van der Waals surface area contributed by atoms with Crippen LogP contribution < -0.4 is 10.5 Å². The summed E-state index contributed by atoms with van der Waals surface area (Å²) < 4.78 is 53.6. The summed E-state index contributed by atoms with van der Waals surface area (Å²) >= 11 is 0. The highest BCUT2D eigenvalue weighted by Gasteiger charge is 2.41. The molecule has 18 heavy (non-hydrogen) atoms. The molecule has 1 aromatic rings. The van der Waals surface area contributed by atoms with Crippen molar-refractivity contribution >= 4 is 5.84 Å². The number of amidine groups is 1. The van der Waals surface area contributed by atoms with Gasteiger partial charge >= 0.3 is 12.3 Å². The molecule has 0 saturated heterocycles. The summed E-state index contributed by atoms with van der Waals surface area (Å²) in [4.78, 5) is 3.56. The number of nitrogens with zero attached hydrogens (tertiary/aromatic N) is 2. The summed E-state index contributed by atoms with van der Waals surface area (Å²) in [7, 11) is 0. The maximum atomic E-state index is 12.6. The zero-order valence-electron chi connectivity index (χ0n) is 8.86. The van der Waals surface area contributed by atoms with Crippen molar-refractivity contribution in [3.63, 3.8) is 0 Å². The number of ether oxygens (including phenoxy) is 1. The van der Waals surface area contributed by atoms with Gasteiger partial charge in [0.25, 0.3) is 0 Å². The highest BCUT2D eigenvalue weighted by Crippen LogP contribution is 2.25. The van der Waals surface area contributed by atoms with Gasteiger partial charge in [-0.1, -0.05) is 5.16 Å². The summed E-state index contributed by atoms with van der Waals surface area (Å²) in [5, 5.41) is 11.1. The fraction of sp³-hybridized carbons (Fsp3) is 0.333. The van der Waals surface area contributed by atoms with Crippen LogP contribution >= 0.6 is 0 Å². The summed E-state index contributed by atoms with van der Waals surface area (Å²) in [6.07, 6.45) is -1.61. The normalized spacial score (nSPS) is 12.8. The highest BCUT2D eigenvalue weighted by molar-refractivity contribution is 5.99. The number of nitrogens with two attached hydrogens (primary N) is 1. The summed E-state index contributed by atoms with van der Waals surface area (Å²) in [6, 6.07) is 1.23. The van der Waals surface area contributed by atoms with Gasteiger partial charge in [-0.2, -0.15) is 8.78 Å². The first-order chi connectivity index (χ1) is 8.38. The molecule has 1 rings (SSSR count). The predicted molar refractivity (Wildman–Crippen MR) is 53.2 cm³/mol. The van der Waals surface area contributed by atoms with Crippen LogP contribution in [0.4, 0.5) is 17.6 Å². The number of aromatic nitrogens is 1. The predicted octanol–water partition coefficient (Wildman–Crippen LogP) is 1.46. The van der Waals surface area contributed by atoms with Crippen molar-refractivity contribution in [3.8, 4) is 5.75 Å². The molecule has 0 amide bonds. The lowest BCUT2D eigenvalue weighted by atomic mass is 10.2. The van der Waals surface area contributed by atoms with E-state index in [2.05, 4.69) is 14.9 Å². The van der Waals surface area contributed by atoms with Gasteiger partial charge in [0.05, 0.1) is 11.8 Å². The molecule has 0 aliphatic rings. The van der Waals surface area contributed by atoms with Crippen LogP contribution in [-0.4, -0.2) is 35.0 Å². The second kappa shape index (κ2) is 5.52.